The molecule has 0 spiro atoms. The molecule has 0 atom stereocenters. The molecular formula is C10H11N5O2. The van der Waals surface area contributed by atoms with Crippen LogP contribution in [0.4, 0.5) is 11.5 Å². The minimum atomic E-state index is -0.494. The van der Waals surface area contributed by atoms with E-state index in [1.165, 1.54) is 12.1 Å². The molecule has 2 N–H and O–H groups in total. The summed E-state index contributed by atoms with van der Waals surface area (Å²) < 4.78 is 1.71. The number of aromatic nitrogens is 3. The van der Waals surface area contributed by atoms with Crippen molar-refractivity contribution in [3.05, 3.63) is 34.6 Å². The van der Waals surface area contributed by atoms with Crippen molar-refractivity contribution in [3.8, 4) is 11.3 Å². The highest BCUT2D eigenvalue weighted by molar-refractivity contribution is 5.63. The SMILES string of the molecule is CCn1cc(-c2cc([N+](=O)[O-])cc(N)n2)cn1. The minimum Gasteiger partial charge on any atom is -0.383 e. The van der Waals surface area contributed by atoms with Gasteiger partial charge in [-0.3, -0.25) is 14.8 Å². The normalized spacial score (nSPS) is 10.4. The number of rotatable bonds is 3. The smallest absolute Gasteiger partial charge is 0.275 e. The van der Waals surface area contributed by atoms with E-state index >= 15 is 0 Å². The molecule has 2 aromatic heterocycles. The van der Waals surface area contributed by atoms with E-state index in [-0.39, 0.29) is 11.5 Å². The number of anilines is 1. The standard InChI is InChI=1S/C10H11N5O2/c1-2-14-6-7(5-12-14)9-3-8(15(16)17)4-10(11)13-9/h3-6H,2H2,1H3,(H2,11,13). The highest BCUT2D eigenvalue weighted by atomic mass is 16.6. The van der Waals surface area contributed by atoms with Gasteiger partial charge in [-0.25, -0.2) is 4.98 Å². The van der Waals surface area contributed by atoms with Gasteiger partial charge >= 0.3 is 0 Å². The summed E-state index contributed by atoms with van der Waals surface area (Å²) in [7, 11) is 0. The summed E-state index contributed by atoms with van der Waals surface area (Å²) in [6.45, 7) is 2.68. The van der Waals surface area contributed by atoms with Crippen LogP contribution in [0.5, 0.6) is 0 Å². The van der Waals surface area contributed by atoms with Gasteiger partial charge in [-0.2, -0.15) is 5.10 Å². The van der Waals surface area contributed by atoms with E-state index in [1.807, 2.05) is 6.92 Å². The molecule has 0 unspecified atom stereocenters. The van der Waals surface area contributed by atoms with E-state index in [0.29, 0.717) is 11.3 Å². The third-order valence-corrected chi connectivity index (χ3v) is 2.29. The highest BCUT2D eigenvalue weighted by Crippen LogP contribution is 2.23. The molecule has 0 aliphatic carbocycles. The predicted octanol–water partition coefficient (Wildman–Crippen LogP) is 1.46. The van der Waals surface area contributed by atoms with Crippen LogP contribution in [0.25, 0.3) is 11.3 Å². The van der Waals surface area contributed by atoms with E-state index in [0.717, 1.165) is 6.54 Å². The molecule has 7 nitrogen and oxygen atoms in total. The third-order valence-electron chi connectivity index (χ3n) is 2.29. The van der Waals surface area contributed by atoms with Gasteiger partial charge in [-0.1, -0.05) is 0 Å². The quantitative estimate of drug-likeness (QED) is 0.638. The van der Waals surface area contributed by atoms with Crippen molar-refractivity contribution in [2.24, 2.45) is 0 Å². The van der Waals surface area contributed by atoms with Crippen molar-refractivity contribution in [2.45, 2.75) is 13.5 Å². The largest absolute Gasteiger partial charge is 0.383 e. The molecule has 2 heterocycles. The van der Waals surface area contributed by atoms with Crippen molar-refractivity contribution in [1.29, 1.82) is 0 Å². The summed E-state index contributed by atoms with van der Waals surface area (Å²) in [6.07, 6.45) is 3.38. The van der Waals surface area contributed by atoms with Crippen LogP contribution in [-0.2, 0) is 6.54 Å². The molecule has 0 saturated carbocycles. The van der Waals surface area contributed by atoms with Gasteiger partial charge in [-0.05, 0) is 6.92 Å². The molecule has 0 bridgehead atoms. The van der Waals surface area contributed by atoms with Crippen molar-refractivity contribution < 1.29 is 4.92 Å². The Labute approximate surface area is 97.0 Å². The lowest BCUT2D eigenvalue weighted by atomic mass is 10.2. The summed E-state index contributed by atoms with van der Waals surface area (Å²) in [6, 6.07) is 2.61. The van der Waals surface area contributed by atoms with Crippen molar-refractivity contribution in [3.63, 3.8) is 0 Å². The second-order valence-corrected chi connectivity index (χ2v) is 3.48. The van der Waals surface area contributed by atoms with Crippen molar-refractivity contribution in [2.75, 3.05) is 5.73 Å². The summed E-state index contributed by atoms with van der Waals surface area (Å²) in [5.41, 5.74) is 6.62. The Morgan fingerprint density at radius 2 is 2.29 bits per heavy atom. The number of hydrogen-bond acceptors (Lipinski definition) is 5. The maximum absolute atomic E-state index is 10.7. The lowest BCUT2D eigenvalue weighted by molar-refractivity contribution is -0.384. The van der Waals surface area contributed by atoms with Crippen molar-refractivity contribution >= 4 is 11.5 Å². The molecule has 0 amide bonds. The second kappa shape index (κ2) is 4.20. The van der Waals surface area contributed by atoms with E-state index in [4.69, 9.17) is 5.73 Å². The van der Waals surface area contributed by atoms with Crippen LogP contribution in [0.15, 0.2) is 24.5 Å². The van der Waals surface area contributed by atoms with Gasteiger partial charge in [0.15, 0.2) is 0 Å². The summed E-state index contributed by atoms with van der Waals surface area (Å²) in [5, 5.41) is 14.8. The van der Waals surface area contributed by atoms with Gasteiger partial charge in [0.1, 0.15) is 5.82 Å². The molecule has 2 aromatic rings. The van der Waals surface area contributed by atoms with Gasteiger partial charge in [0.25, 0.3) is 5.69 Å². The Morgan fingerprint density at radius 3 is 2.88 bits per heavy atom. The molecule has 17 heavy (non-hydrogen) atoms. The number of hydrogen-bond donors (Lipinski definition) is 1. The van der Waals surface area contributed by atoms with E-state index < -0.39 is 4.92 Å². The van der Waals surface area contributed by atoms with Gasteiger partial charge in [0.05, 0.1) is 22.9 Å². The van der Waals surface area contributed by atoms with Crippen LogP contribution < -0.4 is 5.73 Å². The van der Waals surface area contributed by atoms with Crippen LogP contribution in [0.3, 0.4) is 0 Å². The number of nitro groups is 1. The van der Waals surface area contributed by atoms with E-state index in [9.17, 15) is 10.1 Å². The van der Waals surface area contributed by atoms with Crippen LogP contribution in [0.2, 0.25) is 0 Å². The topological polar surface area (TPSA) is 99.9 Å². The minimum absolute atomic E-state index is 0.0725. The first kappa shape index (κ1) is 11.1. The van der Waals surface area contributed by atoms with Crippen LogP contribution in [0.1, 0.15) is 6.92 Å². The fourth-order valence-electron chi connectivity index (χ4n) is 1.46. The molecule has 2 rings (SSSR count). The summed E-state index contributed by atoms with van der Waals surface area (Å²) in [5.74, 6) is 0.124. The monoisotopic (exact) mass is 233 g/mol. The first-order chi connectivity index (χ1) is 8.10. The maximum atomic E-state index is 10.7. The summed E-state index contributed by atoms with van der Waals surface area (Å²) >= 11 is 0. The fraction of sp³-hybridized carbons (Fsp3) is 0.200. The van der Waals surface area contributed by atoms with Crippen LogP contribution in [-0.4, -0.2) is 19.7 Å². The third kappa shape index (κ3) is 2.22. The molecule has 0 saturated heterocycles. The average Bonchev–Trinajstić information content (AvgIpc) is 2.76. The Bertz CT molecular complexity index is 564. The number of nitrogen functional groups attached to an aromatic ring is 1. The van der Waals surface area contributed by atoms with Gasteiger partial charge in [0, 0.05) is 24.4 Å². The molecule has 88 valence electrons. The molecule has 0 aliphatic heterocycles. The lowest BCUT2D eigenvalue weighted by Crippen LogP contribution is -1.96. The highest BCUT2D eigenvalue weighted by Gasteiger charge is 2.12. The average molecular weight is 233 g/mol. The molecule has 0 fully saturated rings. The Morgan fingerprint density at radius 1 is 1.53 bits per heavy atom. The van der Waals surface area contributed by atoms with Crippen LogP contribution >= 0.6 is 0 Å². The Balaban J connectivity index is 2.47. The van der Waals surface area contributed by atoms with Gasteiger partial charge < -0.3 is 5.73 Å². The lowest BCUT2D eigenvalue weighted by Gasteiger charge is -1.99. The first-order valence-corrected chi connectivity index (χ1v) is 5.05. The zero-order valence-corrected chi connectivity index (χ0v) is 9.20. The molecule has 0 radical (unpaired) electrons. The Kier molecular flexibility index (Phi) is 2.73. The number of nitrogens with zero attached hydrogens (tertiary/aromatic N) is 4. The fourth-order valence-corrected chi connectivity index (χ4v) is 1.46. The number of nitrogens with two attached hydrogens (primary N) is 1. The summed E-state index contributed by atoms with van der Waals surface area (Å²) in [4.78, 5) is 14.3. The second-order valence-electron chi connectivity index (χ2n) is 3.48. The predicted molar refractivity (Wildman–Crippen MR) is 62.2 cm³/mol. The Hall–Kier alpha value is -2.44. The van der Waals surface area contributed by atoms with Gasteiger partial charge in [0.2, 0.25) is 0 Å². The van der Waals surface area contributed by atoms with E-state index in [2.05, 4.69) is 10.1 Å². The van der Waals surface area contributed by atoms with Crippen LogP contribution in [0, 0.1) is 10.1 Å². The van der Waals surface area contributed by atoms with Crippen molar-refractivity contribution in [1.82, 2.24) is 14.8 Å². The molecule has 0 aliphatic rings. The first-order valence-electron chi connectivity index (χ1n) is 5.05. The zero-order chi connectivity index (χ0) is 12.4. The zero-order valence-electron chi connectivity index (χ0n) is 9.20. The van der Waals surface area contributed by atoms with E-state index in [1.54, 1.807) is 17.1 Å². The molecule has 7 heteroatoms. The number of pyridine rings is 1. The maximum Gasteiger partial charge on any atom is 0.275 e. The number of aryl methyl sites for hydroxylation is 1. The van der Waals surface area contributed by atoms with Gasteiger partial charge in [-0.15, -0.1) is 0 Å². The molecular weight excluding hydrogens is 222 g/mol. The molecule has 0 aromatic carbocycles.